The van der Waals surface area contributed by atoms with Crippen LogP contribution in [-0.4, -0.2) is 76.4 Å². The van der Waals surface area contributed by atoms with Gasteiger partial charge in [0.05, 0.1) is 24.7 Å². The standard InChI is InChI=1S/C22H28F3N5O2S/c1-15-3-7-18(8-4-15)30-20(28-9-11-32-12-10-28)26-27-21(30)33-13-19(31)29(14-22(23,24)25)16(2)17-5-6-17/h3-4,7-8,16-17H,5-6,9-14H2,1-2H3/t16-/m0/s1. The monoisotopic (exact) mass is 483 g/mol. The van der Waals surface area contributed by atoms with Gasteiger partial charge in [0.25, 0.3) is 0 Å². The number of alkyl halides is 3. The second kappa shape index (κ2) is 9.92. The van der Waals surface area contributed by atoms with Gasteiger partial charge in [-0.2, -0.15) is 13.2 Å². The number of carbonyl (C=O) groups excluding carboxylic acids is 1. The molecule has 2 aromatic rings. The number of aryl methyl sites for hydroxylation is 1. The molecule has 0 N–H and O–H groups in total. The molecule has 1 saturated carbocycles. The van der Waals surface area contributed by atoms with Crippen LogP contribution in [0, 0.1) is 12.8 Å². The van der Waals surface area contributed by atoms with Crippen LogP contribution in [-0.2, 0) is 9.53 Å². The molecule has 2 aliphatic rings. The van der Waals surface area contributed by atoms with Crippen LogP contribution in [0.2, 0.25) is 0 Å². The predicted molar refractivity (Wildman–Crippen MR) is 120 cm³/mol. The summed E-state index contributed by atoms with van der Waals surface area (Å²) in [6, 6.07) is 7.40. The summed E-state index contributed by atoms with van der Waals surface area (Å²) in [5.41, 5.74) is 1.93. The van der Waals surface area contributed by atoms with Crippen molar-refractivity contribution in [1.82, 2.24) is 19.7 Å². The van der Waals surface area contributed by atoms with Crippen molar-refractivity contribution in [3.05, 3.63) is 29.8 Å². The van der Waals surface area contributed by atoms with Gasteiger partial charge in [0.1, 0.15) is 6.54 Å². The summed E-state index contributed by atoms with van der Waals surface area (Å²) < 4.78 is 46.8. The first kappa shape index (κ1) is 23.9. The fourth-order valence-electron chi connectivity index (χ4n) is 3.94. The van der Waals surface area contributed by atoms with Gasteiger partial charge in [-0.05, 0) is 44.7 Å². The second-order valence-corrected chi connectivity index (χ2v) is 9.50. The van der Waals surface area contributed by atoms with Crippen molar-refractivity contribution in [2.75, 3.05) is 43.5 Å². The van der Waals surface area contributed by atoms with E-state index in [0.717, 1.165) is 40.8 Å². The topological polar surface area (TPSA) is 63.5 Å². The third kappa shape index (κ3) is 6.00. The van der Waals surface area contributed by atoms with Gasteiger partial charge in [0.2, 0.25) is 11.9 Å². The van der Waals surface area contributed by atoms with Crippen molar-refractivity contribution in [1.29, 1.82) is 0 Å². The molecule has 0 spiro atoms. The second-order valence-electron chi connectivity index (χ2n) is 8.56. The first-order valence-corrected chi connectivity index (χ1v) is 12.1. The van der Waals surface area contributed by atoms with Crippen LogP contribution < -0.4 is 4.90 Å². The molecule has 0 unspecified atom stereocenters. The van der Waals surface area contributed by atoms with E-state index >= 15 is 0 Å². The number of ether oxygens (including phenoxy) is 1. The number of hydrogen-bond donors (Lipinski definition) is 0. The number of nitrogens with zero attached hydrogens (tertiary/aromatic N) is 5. The Bertz CT molecular complexity index is 956. The van der Waals surface area contributed by atoms with Crippen LogP contribution in [0.1, 0.15) is 25.3 Å². The summed E-state index contributed by atoms with van der Waals surface area (Å²) in [6.45, 7) is 4.94. The fraction of sp³-hybridized carbons (Fsp3) is 0.591. The van der Waals surface area contributed by atoms with Crippen molar-refractivity contribution < 1.29 is 22.7 Å². The summed E-state index contributed by atoms with van der Waals surface area (Å²) in [5, 5.41) is 9.11. The van der Waals surface area contributed by atoms with Crippen molar-refractivity contribution >= 4 is 23.6 Å². The Hall–Kier alpha value is -2.27. The number of thioether (sulfide) groups is 1. The summed E-state index contributed by atoms with van der Waals surface area (Å²) >= 11 is 1.12. The zero-order chi connectivity index (χ0) is 23.6. The van der Waals surface area contributed by atoms with Crippen molar-refractivity contribution in [2.45, 2.75) is 44.1 Å². The molecular formula is C22H28F3N5O2S. The molecule has 0 radical (unpaired) electrons. The molecule has 33 heavy (non-hydrogen) atoms. The van der Waals surface area contributed by atoms with E-state index in [9.17, 15) is 18.0 Å². The van der Waals surface area contributed by atoms with Crippen LogP contribution in [0.4, 0.5) is 19.1 Å². The maximum Gasteiger partial charge on any atom is 0.406 e. The van der Waals surface area contributed by atoms with Crippen molar-refractivity contribution in [3.8, 4) is 5.69 Å². The van der Waals surface area contributed by atoms with Crippen LogP contribution in [0.15, 0.2) is 29.4 Å². The highest BCUT2D eigenvalue weighted by Crippen LogP contribution is 2.37. The maximum atomic E-state index is 13.2. The SMILES string of the molecule is Cc1ccc(-n2c(SCC(=O)N(CC(F)(F)F)[C@@H](C)C3CC3)nnc2N2CCOCC2)cc1. The summed E-state index contributed by atoms with van der Waals surface area (Å²) in [7, 11) is 0. The van der Waals surface area contributed by atoms with E-state index in [-0.39, 0.29) is 11.7 Å². The zero-order valence-electron chi connectivity index (χ0n) is 18.7. The molecular weight excluding hydrogens is 455 g/mol. The predicted octanol–water partition coefficient (Wildman–Crippen LogP) is 3.69. The summed E-state index contributed by atoms with van der Waals surface area (Å²) in [4.78, 5) is 15.9. The Morgan fingerprint density at radius 2 is 1.88 bits per heavy atom. The number of hydrogen-bond acceptors (Lipinski definition) is 6. The number of morpholine rings is 1. The minimum absolute atomic E-state index is 0.139. The lowest BCUT2D eigenvalue weighted by Gasteiger charge is -2.30. The largest absolute Gasteiger partial charge is 0.406 e. The zero-order valence-corrected chi connectivity index (χ0v) is 19.5. The number of carbonyl (C=O) groups is 1. The summed E-state index contributed by atoms with van der Waals surface area (Å²) in [5.74, 6) is 0.101. The highest BCUT2D eigenvalue weighted by Gasteiger charge is 2.40. The van der Waals surface area contributed by atoms with Crippen molar-refractivity contribution in [3.63, 3.8) is 0 Å². The van der Waals surface area contributed by atoms with Gasteiger partial charge >= 0.3 is 6.18 Å². The van der Waals surface area contributed by atoms with E-state index in [2.05, 4.69) is 15.1 Å². The average molecular weight is 484 g/mol. The molecule has 1 aliphatic heterocycles. The maximum absolute atomic E-state index is 13.2. The molecule has 1 aliphatic carbocycles. The lowest BCUT2D eigenvalue weighted by molar-refractivity contribution is -0.164. The molecule has 2 heterocycles. The number of benzene rings is 1. The molecule has 0 bridgehead atoms. The summed E-state index contributed by atoms with van der Waals surface area (Å²) in [6.07, 6.45) is -2.71. The number of rotatable bonds is 8. The van der Waals surface area contributed by atoms with Gasteiger partial charge in [-0.3, -0.25) is 9.36 Å². The average Bonchev–Trinajstić information content (AvgIpc) is 3.55. The fourth-order valence-corrected chi connectivity index (χ4v) is 4.77. The molecule has 1 aromatic heterocycles. The van der Waals surface area contributed by atoms with E-state index in [0.29, 0.717) is 37.4 Å². The Morgan fingerprint density at radius 3 is 2.48 bits per heavy atom. The molecule has 180 valence electrons. The molecule has 1 atom stereocenters. The molecule has 7 nitrogen and oxygen atoms in total. The van der Waals surface area contributed by atoms with Gasteiger partial charge in [0, 0.05) is 19.1 Å². The van der Waals surface area contributed by atoms with Crippen LogP contribution in [0.25, 0.3) is 5.69 Å². The van der Waals surface area contributed by atoms with E-state index < -0.39 is 24.7 Å². The van der Waals surface area contributed by atoms with Crippen LogP contribution in [0.3, 0.4) is 0 Å². The Morgan fingerprint density at radius 1 is 1.21 bits per heavy atom. The van der Waals surface area contributed by atoms with Crippen LogP contribution >= 0.6 is 11.8 Å². The molecule has 1 amide bonds. The minimum Gasteiger partial charge on any atom is -0.378 e. The normalized spacial score (nSPS) is 17.8. The highest BCUT2D eigenvalue weighted by molar-refractivity contribution is 7.99. The van der Waals surface area contributed by atoms with Crippen molar-refractivity contribution in [2.24, 2.45) is 5.92 Å². The number of aromatic nitrogens is 3. The van der Waals surface area contributed by atoms with Crippen LogP contribution in [0.5, 0.6) is 0 Å². The first-order chi connectivity index (χ1) is 15.7. The third-order valence-corrected chi connectivity index (χ3v) is 6.91. The lowest BCUT2D eigenvalue weighted by atomic mass is 10.2. The minimum atomic E-state index is -4.44. The quantitative estimate of drug-likeness (QED) is 0.534. The van der Waals surface area contributed by atoms with E-state index in [1.165, 1.54) is 0 Å². The van der Waals surface area contributed by atoms with E-state index in [1.807, 2.05) is 35.8 Å². The first-order valence-electron chi connectivity index (χ1n) is 11.1. The molecule has 2 fully saturated rings. The number of halogens is 3. The van der Waals surface area contributed by atoms with E-state index in [1.54, 1.807) is 6.92 Å². The molecule has 1 saturated heterocycles. The van der Waals surface area contributed by atoms with Gasteiger partial charge in [-0.15, -0.1) is 10.2 Å². The van der Waals surface area contributed by atoms with Gasteiger partial charge in [0.15, 0.2) is 5.16 Å². The van der Waals surface area contributed by atoms with Gasteiger partial charge in [-0.1, -0.05) is 29.5 Å². The molecule has 11 heteroatoms. The van der Waals surface area contributed by atoms with Gasteiger partial charge < -0.3 is 14.5 Å². The highest BCUT2D eigenvalue weighted by atomic mass is 32.2. The third-order valence-electron chi connectivity index (χ3n) is 5.99. The smallest absolute Gasteiger partial charge is 0.378 e. The Labute approximate surface area is 195 Å². The molecule has 1 aromatic carbocycles. The van der Waals surface area contributed by atoms with Gasteiger partial charge in [-0.25, -0.2) is 0 Å². The van der Waals surface area contributed by atoms with E-state index in [4.69, 9.17) is 4.74 Å². The Balaban J connectivity index is 1.56. The lowest BCUT2D eigenvalue weighted by Crippen LogP contribution is -2.46. The Kier molecular flexibility index (Phi) is 7.18. The number of anilines is 1. The molecule has 4 rings (SSSR count). The number of amides is 1.